The van der Waals surface area contributed by atoms with E-state index in [1.165, 1.54) is 6.07 Å². The minimum atomic E-state index is -4.53. The summed E-state index contributed by atoms with van der Waals surface area (Å²) < 4.78 is 45.0. The summed E-state index contributed by atoms with van der Waals surface area (Å²) in [7, 11) is 1.55. The lowest BCUT2D eigenvalue weighted by Gasteiger charge is -2.23. The van der Waals surface area contributed by atoms with E-state index in [4.69, 9.17) is 10.5 Å². The minimum absolute atomic E-state index is 0.0257. The van der Waals surface area contributed by atoms with E-state index in [9.17, 15) is 13.2 Å². The number of nitrogens with two attached hydrogens (primary N) is 1. The molecular formula is C18H19F3N2O. The van der Waals surface area contributed by atoms with Gasteiger partial charge in [-0.25, -0.2) is 4.98 Å². The number of anilines is 1. The van der Waals surface area contributed by atoms with Crippen molar-refractivity contribution in [2.75, 3.05) is 19.5 Å². The summed E-state index contributed by atoms with van der Waals surface area (Å²) in [6.45, 7) is 4.33. The molecule has 0 spiro atoms. The summed E-state index contributed by atoms with van der Waals surface area (Å²) in [4.78, 5) is 3.57. The number of aromatic nitrogens is 1. The number of nitrogens with zero attached hydrogens (tertiary/aromatic N) is 1. The first-order chi connectivity index (χ1) is 11.3. The number of benzene rings is 1. The van der Waals surface area contributed by atoms with E-state index in [-0.39, 0.29) is 17.3 Å². The number of allylic oxidation sites excluding steroid dienone is 1. The Bertz CT molecular complexity index is 699. The molecule has 0 saturated heterocycles. The molecule has 2 N–H and O–H groups in total. The largest absolute Gasteiger partial charge is 0.418 e. The number of alkyl halides is 3. The van der Waals surface area contributed by atoms with Crippen molar-refractivity contribution in [2.45, 2.75) is 18.5 Å². The lowest BCUT2D eigenvalue weighted by molar-refractivity contribution is -0.138. The molecule has 0 bridgehead atoms. The van der Waals surface area contributed by atoms with E-state index in [2.05, 4.69) is 11.6 Å². The van der Waals surface area contributed by atoms with Gasteiger partial charge in [-0.05, 0) is 29.2 Å². The van der Waals surface area contributed by atoms with Crippen LogP contribution in [0, 0.1) is 0 Å². The standard InChI is InChI=1S/C18H19F3N2O/c1-12(14(8-9-24-2)13-6-4-3-5-7-13)15-10-17(22)23-11-16(15)18(19,20)21/h3-7,10-11,14H,1,8-9H2,2H3,(H2,22,23). The maximum Gasteiger partial charge on any atom is 0.418 e. The lowest BCUT2D eigenvalue weighted by atomic mass is 9.84. The summed E-state index contributed by atoms with van der Waals surface area (Å²) in [6, 6.07) is 10.5. The zero-order valence-corrected chi connectivity index (χ0v) is 13.3. The highest BCUT2D eigenvalue weighted by Gasteiger charge is 2.35. The monoisotopic (exact) mass is 336 g/mol. The molecule has 1 unspecified atom stereocenters. The lowest BCUT2D eigenvalue weighted by Crippen LogP contribution is -2.13. The smallest absolute Gasteiger partial charge is 0.385 e. The Hall–Kier alpha value is -2.34. The van der Waals surface area contributed by atoms with Crippen LogP contribution in [0.5, 0.6) is 0 Å². The number of ether oxygens (including phenoxy) is 1. The van der Waals surface area contributed by atoms with Gasteiger partial charge < -0.3 is 10.5 Å². The Balaban J connectivity index is 2.48. The fourth-order valence-corrected chi connectivity index (χ4v) is 2.61. The summed E-state index contributed by atoms with van der Waals surface area (Å²) in [5.74, 6) is -0.285. The maximum absolute atomic E-state index is 13.3. The van der Waals surface area contributed by atoms with Gasteiger partial charge in [0.1, 0.15) is 5.82 Å². The second-order valence-corrected chi connectivity index (χ2v) is 5.42. The third kappa shape index (κ3) is 4.14. The normalized spacial score (nSPS) is 12.8. The first kappa shape index (κ1) is 18.0. The molecule has 24 heavy (non-hydrogen) atoms. The van der Waals surface area contributed by atoms with Crippen LogP contribution in [0.25, 0.3) is 5.57 Å². The van der Waals surface area contributed by atoms with E-state index in [1.807, 2.05) is 30.3 Å². The second-order valence-electron chi connectivity index (χ2n) is 5.42. The molecule has 6 heteroatoms. The van der Waals surface area contributed by atoms with Crippen molar-refractivity contribution in [2.24, 2.45) is 0 Å². The van der Waals surface area contributed by atoms with E-state index in [0.29, 0.717) is 18.6 Å². The van der Waals surface area contributed by atoms with Crippen LogP contribution in [0.4, 0.5) is 19.0 Å². The fourth-order valence-electron chi connectivity index (χ4n) is 2.61. The summed E-state index contributed by atoms with van der Waals surface area (Å²) in [5, 5.41) is 0. The van der Waals surface area contributed by atoms with Gasteiger partial charge in [0.2, 0.25) is 0 Å². The highest BCUT2D eigenvalue weighted by atomic mass is 19.4. The van der Waals surface area contributed by atoms with Crippen molar-refractivity contribution in [3.05, 3.63) is 65.9 Å². The minimum Gasteiger partial charge on any atom is -0.385 e. The van der Waals surface area contributed by atoms with E-state index >= 15 is 0 Å². The van der Waals surface area contributed by atoms with Gasteiger partial charge in [-0.2, -0.15) is 13.2 Å². The number of methoxy groups -OCH3 is 1. The van der Waals surface area contributed by atoms with Crippen LogP contribution < -0.4 is 5.73 Å². The van der Waals surface area contributed by atoms with Crippen molar-refractivity contribution in [3.8, 4) is 0 Å². The van der Waals surface area contributed by atoms with Crippen LogP contribution in [0.3, 0.4) is 0 Å². The van der Waals surface area contributed by atoms with Gasteiger partial charge in [0.15, 0.2) is 0 Å². The second kappa shape index (κ2) is 7.49. The first-order valence-electron chi connectivity index (χ1n) is 7.40. The number of hydrogen-bond acceptors (Lipinski definition) is 3. The molecule has 1 atom stereocenters. The number of halogens is 3. The zero-order valence-electron chi connectivity index (χ0n) is 13.3. The van der Waals surface area contributed by atoms with Gasteiger partial charge >= 0.3 is 6.18 Å². The van der Waals surface area contributed by atoms with Crippen LogP contribution in [0.1, 0.15) is 29.0 Å². The first-order valence-corrected chi connectivity index (χ1v) is 7.40. The van der Waals surface area contributed by atoms with E-state index in [0.717, 1.165) is 11.8 Å². The van der Waals surface area contributed by atoms with Crippen molar-refractivity contribution < 1.29 is 17.9 Å². The predicted octanol–water partition coefficient (Wildman–Crippen LogP) is 4.52. The highest BCUT2D eigenvalue weighted by molar-refractivity contribution is 5.73. The summed E-state index contributed by atoms with van der Waals surface area (Å²) in [5.41, 5.74) is 5.97. The third-order valence-corrected chi connectivity index (χ3v) is 3.81. The molecule has 0 amide bonds. The van der Waals surface area contributed by atoms with E-state index in [1.54, 1.807) is 7.11 Å². The van der Waals surface area contributed by atoms with Crippen LogP contribution in [-0.4, -0.2) is 18.7 Å². The van der Waals surface area contributed by atoms with Gasteiger partial charge in [0, 0.05) is 25.8 Å². The van der Waals surface area contributed by atoms with Gasteiger partial charge in [0.05, 0.1) is 5.56 Å². The Labute approximate surface area is 139 Å². The van der Waals surface area contributed by atoms with Crippen LogP contribution in [-0.2, 0) is 10.9 Å². The quantitative estimate of drug-likeness (QED) is 0.844. The molecule has 0 fully saturated rings. The van der Waals surface area contributed by atoms with Crippen LogP contribution >= 0.6 is 0 Å². The van der Waals surface area contributed by atoms with Crippen molar-refractivity contribution in [3.63, 3.8) is 0 Å². The van der Waals surface area contributed by atoms with Crippen molar-refractivity contribution >= 4 is 11.4 Å². The Morgan fingerprint density at radius 1 is 1.29 bits per heavy atom. The topological polar surface area (TPSA) is 48.1 Å². The molecule has 0 aliphatic heterocycles. The predicted molar refractivity (Wildman–Crippen MR) is 88.4 cm³/mol. The molecule has 2 rings (SSSR count). The van der Waals surface area contributed by atoms with E-state index < -0.39 is 11.7 Å². The highest BCUT2D eigenvalue weighted by Crippen LogP contribution is 2.40. The summed E-state index contributed by atoms with van der Waals surface area (Å²) >= 11 is 0. The third-order valence-electron chi connectivity index (χ3n) is 3.81. The van der Waals surface area contributed by atoms with Gasteiger partial charge in [-0.15, -0.1) is 0 Å². The molecule has 2 aromatic rings. The van der Waals surface area contributed by atoms with Gasteiger partial charge in [-0.3, -0.25) is 0 Å². The number of nitrogen functional groups attached to an aromatic ring is 1. The molecule has 0 aliphatic carbocycles. The van der Waals surface area contributed by atoms with Crippen LogP contribution in [0.2, 0.25) is 0 Å². The molecule has 1 aromatic carbocycles. The fraction of sp³-hybridized carbons (Fsp3) is 0.278. The Morgan fingerprint density at radius 2 is 1.96 bits per heavy atom. The number of hydrogen-bond donors (Lipinski definition) is 1. The molecule has 0 aliphatic rings. The molecule has 1 heterocycles. The SMILES string of the molecule is C=C(c1cc(N)ncc1C(F)(F)F)C(CCOC)c1ccccc1. The Kier molecular flexibility index (Phi) is 5.62. The number of pyridine rings is 1. The van der Waals surface area contributed by atoms with Gasteiger partial charge in [-0.1, -0.05) is 36.9 Å². The number of rotatable bonds is 6. The average Bonchev–Trinajstić information content (AvgIpc) is 2.54. The molecular weight excluding hydrogens is 317 g/mol. The van der Waals surface area contributed by atoms with Crippen molar-refractivity contribution in [1.82, 2.24) is 4.98 Å². The molecule has 1 aromatic heterocycles. The van der Waals surface area contributed by atoms with Gasteiger partial charge in [0.25, 0.3) is 0 Å². The molecule has 0 saturated carbocycles. The Morgan fingerprint density at radius 3 is 2.54 bits per heavy atom. The molecule has 0 radical (unpaired) electrons. The molecule has 128 valence electrons. The van der Waals surface area contributed by atoms with Crippen LogP contribution in [0.15, 0.2) is 49.2 Å². The summed E-state index contributed by atoms with van der Waals surface area (Å²) in [6.07, 6.45) is -3.26. The average molecular weight is 336 g/mol. The van der Waals surface area contributed by atoms with Crippen molar-refractivity contribution in [1.29, 1.82) is 0 Å². The zero-order chi connectivity index (χ0) is 17.7. The maximum atomic E-state index is 13.3. The molecule has 3 nitrogen and oxygen atoms in total.